The second kappa shape index (κ2) is 5.12. The number of hydrogen-bond acceptors (Lipinski definition) is 2. The molecular formula is C12H12FIO2. The van der Waals surface area contributed by atoms with Crippen molar-refractivity contribution in [1.82, 2.24) is 0 Å². The number of ether oxygens (including phenoxy) is 1. The van der Waals surface area contributed by atoms with Gasteiger partial charge < -0.3 is 4.74 Å². The number of carbonyl (C=O) groups is 1. The first-order valence-corrected chi connectivity index (χ1v) is 6.69. The molecule has 1 fully saturated rings. The Morgan fingerprint density at radius 1 is 1.31 bits per heavy atom. The Morgan fingerprint density at radius 3 is 2.56 bits per heavy atom. The third-order valence-corrected chi connectivity index (χ3v) is 3.63. The van der Waals surface area contributed by atoms with Gasteiger partial charge in [0.25, 0.3) is 0 Å². The van der Waals surface area contributed by atoms with Gasteiger partial charge in [-0.2, -0.15) is 0 Å². The molecule has 0 bridgehead atoms. The van der Waals surface area contributed by atoms with Crippen molar-refractivity contribution in [2.45, 2.75) is 18.7 Å². The molecule has 0 unspecified atom stereocenters. The summed E-state index contributed by atoms with van der Waals surface area (Å²) in [4.78, 5) is 11.5. The van der Waals surface area contributed by atoms with Crippen LogP contribution in [0.4, 0.5) is 4.39 Å². The standard InChI is InChI=1S/C12H12FIO2/c13-11-9(12(15)16-10(11)7-14)6-8-4-2-1-3-5-8/h1-5,9-11H,6-7H2/t9-,10-,11-/m1/s1. The summed E-state index contributed by atoms with van der Waals surface area (Å²) < 4.78 is 19.3. The lowest BCUT2D eigenvalue weighted by Gasteiger charge is -2.10. The van der Waals surface area contributed by atoms with Crippen molar-refractivity contribution in [3.05, 3.63) is 35.9 Å². The summed E-state index contributed by atoms with van der Waals surface area (Å²) in [5.41, 5.74) is 0.973. The number of cyclic esters (lactones) is 1. The average molecular weight is 334 g/mol. The van der Waals surface area contributed by atoms with Crippen molar-refractivity contribution in [3.63, 3.8) is 0 Å². The highest BCUT2D eigenvalue weighted by Gasteiger charge is 2.44. The van der Waals surface area contributed by atoms with E-state index in [0.29, 0.717) is 10.8 Å². The molecule has 1 heterocycles. The van der Waals surface area contributed by atoms with Gasteiger partial charge in [0.05, 0.1) is 5.92 Å². The SMILES string of the molecule is O=C1O[C@H](CI)[C@H](F)[C@H]1Cc1ccccc1. The Balaban J connectivity index is 2.08. The number of carbonyl (C=O) groups excluding carboxylic acids is 1. The van der Waals surface area contributed by atoms with Crippen molar-refractivity contribution >= 4 is 28.6 Å². The largest absolute Gasteiger partial charge is 0.458 e. The van der Waals surface area contributed by atoms with Gasteiger partial charge in [0.1, 0.15) is 6.10 Å². The quantitative estimate of drug-likeness (QED) is 0.482. The summed E-state index contributed by atoms with van der Waals surface area (Å²) >= 11 is 2.04. The maximum atomic E-state index is 13.8. The van der Waals surface area contributed by atoms with Crippen molar-refractivity contribution < 1.29 is 13.9 Å². The molecule has 2 nitrogen and oxygen atoms in total. The number of rotatable bonds is 3. The summed E-state index contributed by atoms with van der Waals surface area (Å²) in [6, 6.07) is 9.48. The fourth-order valence-electron chi connectivity index (χ4n) is 1.87. The topological polar surface area (TPSA) is 26.3 Å². The van der Waals surface area contributed by atoms with Crippen LogP contribution in [0.25, 0.3) is 0 Å². The summed E-state index contributed by atoms with van der Waals surface area (Å²) in [6.07, 6.45) is -1.32. The van der Waals surface area contributed by atoms with Gasteiger partial charge in [0, 0.05) is 4.43 Å². The molecule has 1 saturated heterocycles. The van der Waals surface area contributed by atoms with Crippen LogP contribution in [0.5, 0.6) is 0 Å². The minimum Gasteiger partial charge on any atom is -0.458 e. The smallest absolute Gasteiger partial charge is 0.312 e. The van der Waals surface area contributed by atoms with Gasteiger partial charge in [-0.25, -0.2) is 4.39 Å². The van der Waals surface area contributed by atoms with Crippen LogP contribution in [0.3, 0.4) is 0 Å². The van der Waals surface area contributed by atoms with Crippen LogP contribution in [0, 0.1) is 5.92 Å². The van der Waals surface area contributed by atoms with Crippen molar-refractivity contribution in [2.75, 3.05) is 4.43 Å². The molecule has 2 rings (SSSR count). The highest BCUT2D eigenvalue weighted by Crippen LogP contribution is 2.29. The first-order chi connectivity index (χ1) is 7.72. The van der Waals surface area contributed by atoms with Gasteiger partial charge in [0.2, 0.25) is 0 Å². The van der Waals surface area contributed by atoms with Crippen LogP contribution in [-0.2, 0) is 16.0 Å². The van der Waals surface area contributed by atoms with E-state index in [1.807, 2.05) is 52.9 Å². The fourth-order valence-corrected chi connectivity index (χ4v) is 2.54. The number of halogens is 2. The van der Waals surface area contributed by atoms with Crippen molar-refractivity contribution in [2.24, 2.45) is 5.92 Å². The maximum Gasteiger partial charge on any atom is 0.312 e. The lowest BCUT2D eigenvalue weighted by Crippen LogP contribution is -2.25. The molecule has 1 aromatic carbocycles. The molecule has 0 amide bonds. The molecule has 0 N–H and O–H groups in total. The van der Waals surface area contributed by atoms with E-state index in [9.17, 15) is 9.18 Å². The molecular weight excluding hydrogens is 322 g/mol. The number of alkyl halides is 2. The second-order valence-electron chi connectivity index (χ2n) is 3.87. The molecule has 1 aliphatic rings. The Morgan fingerprint density at radius 2 is 2.00 bits per heavy atom. The van der Waals surface area contributed by atoms with Gasteiger partial charge in [-0.15, -0.1) is 0 Å². The molecule has 3 atom stereocenters. The van der Waals surface area contributed by atoms with Crippen LogP contribution in [0.2, 0.25) is 0 Å². The average Bonchev–Trinajstić information content (AvgIpc) is 2.58. The zero-order valence-electron chi connectivity index (χ0n) is 8.61. The lowest BCUT2D eigenvalue weighted by molar-refractivity contribution is -0.143. The second-order valence-corrected chi connectivity index (χ2v) is 4.75. The van der Waals surface area contributed by atoms with Gasteiger partial charge in [0.15, 0.2) is 6.17 Å². The first kappa shape index (κ1) is 11.8. The van der Waals surface area contributed by atoms with E-state index in [2.05, 4.69) is 0 Å². The zero-order chi connectivity index (χ0) is 11.5. The van der Waals surface area contributed by atoms with Crippen molar-refractivity contribution in [3.8, 4) is 0 Å². The minimum absolute atomic E-state index is 0.405. The monoisotopic (exact) mass is 334 g/mol. The van der Waals surface area contributed by atoms with E-state index >= 15 is 0 Å². The van der Waals surface area contributed by atoms with E-state index < -0.39 is 24.2 Å². The van der Waals surface area contributed by atoms with Gasteiger partial charge >= 0.3 is 5.97 Å². The molecule has 0 saturated carbocycles. The summed E-state index contributed by atoms with van der Waals surface area (Å²) in [5.74, 6) is -1.04. The molecule has 4 heteroatoms. The van der Waals surface area contributed by atoms with Crippen LogP contribution < -0.4 is 0 Å². The summed E-state index contributed by atoms with van der Waals surface area (Å²) in [7, 11) is 0. The molecule has 0 aliphatic carbocycles. The van der Waals surface area contributed by atoms with Crippen molar-refractivity contribution in [1.29, 1.82) is 0 Å². The van der Waals surface area contributed by atoms with Crippen LogP contribution in [0.15, 0.2) is 30.3 Å². The highest BCUT2D eigenvalue weighted by molar-refractivity contribution is 14.1. The third kappa shape index (κ3) is 2.36. The fraction of sp³-hybridized carbons (Fsp3) is 0.417. The van der Waals surface area contributed by atoms with Crippen LogP contribution in [-0.4, -0.2) is 22.7 Å². The first-order valence-electron chi connectivity index (χ1n) is 5.17. The third-order valence-electron chi connectivity index (χ3n) is 2.76. The minimum atomic E-state index is -1.18. The Labute approximate surface area is 107 Å². The van der Waals surface area contributed by atoms with E-state index in [-0.39, 0.29) is 0 Å². The molecule has 1 aliphatic heterocycles. The Kier molecular flexibility index (Phi) is 3.78. The van der Waals surface area contributed by atoms with Gasteiger partial charge in [-0.05, 0) is 12.0 Å². The number of benzene rings is 1. The van der Waals surface area contributed by atoms with Gasteiger partial charge in [-0.3, -0.25) is 4.79 Å². The molecule has 86 valence electrons. The highest BCUT2D eigenvalue weighted by atomic mass is 127. The van der Waals surface area contributed by atoms with E-state index in [1.54, 1.807) is 0 Å². The predicted molar refractivity (Wildman–Crippen MR) is 67.3 cm³/mol. The van der Waals surface area contributed by atoms with Gasteiger partial charge in [-0.1, -0.05) is 52.9 Å². The lowest BCUT2D eigenvalue weighted by atomic mass is 9.95. The maximum absolute atomic E-state index is 13.8. The summed E-state index contributed by atoms with van der Waals surface area (Å²) in [5, 5.41) is 0. The summed E-state index contributed by atoms with van der Waals surface area (Å²) in [6.45, 7) is 0. The predicted octanol–water partition coefficient (Wildman–Crippen LogP) is 2.54. The Hall–Kier alpha value is -0.650. The van der Waals surface area contributed by atoms with E-state index in [1.165, 1.54) is 0 Å². The zero-order valence-corrected chi connectivity index (χ0v) is 10.8. The molecule has 0 spiro atoms. The molecule has 1 aromatic rings. The van der Waals surface area contributed by atoms with E-state index in [0.717, 1.165) is 5.56 Å². The Bertz CT molecular complexity index is 369. The number of hydrogen-bond donors (Lipinski definition) is 0. The molecule has 0 aromatic heterocycles. The number of esters is 1. The van der Waals surface area contributed by atoms with Crippen LogP contribution >= 0.6 is 22.6 Å². The normalized spacial score (nSPS) is 29.1. The van der Waals surface area contributed by atoms with E-state index in [4.69, 9.17) is 4.74 Å². The van der Waals surface area contributed by atoms with Crippen LogP contribution in [0.1, 0.15) is 5.56 Å². The molecule has 0 radical (unpaired) electrons. The molecule has 16 heavy (non-hydrogen) atoms.